The number of benzene rings is 1. The number of urea groups is 1. The summed E-state index contributed by atoms with van der Waals surface area (Å²) < 4.78 is 18.3. The van der Waals surface area contributed by atoms with Crippen molar-refractivity contribution >= 4 is 6.03 Å². The number of nitrogens with one attached hydrogen (secondary N) is 2. The highest BCUT2D eigenvalue weighted by atomic mass is 19.1. The summed E-state index contributed by atoms with van der Waals surface area (Å²) in [5.41, 5.74) is -0.729. The van der Waals surface area contributed by atoms with Gasteiger partial charge in [0.25, 0.3) is 0 Å². The zero-order chi connectivity index (χ0) is 15.3. The zero-order valence-electron chi connectivity index (χ0n) is 12.1. The van der Waals surface area contributed by atoms with E-state index in [-0.39, 0.29) is 24.5 Å². The number of hydrogen-bond donors (Lipinski definition) is 3. The van der Waals surface area contributed by atoms with E-state index in [0.717, 1.165) is 19.3 Å². The molecule has 1 saturated carbocycles. The Bertz CT molecular complexity index is 474. The summed E-state index contributed by atoms with van der Waals surface area (Å²) in [5.74, 6) is 0.233. The van der Waals surface area contributed by atoms with E-state index in [1.165, 1.54) is 24.3 Å². The van der Waals surface area contributed by atoms with E-state index >= 15 is 0 Å². The van der Waals surface area contributed by atoms with E-state index < -0.39 is 5.60 Å². The van der Waals surface area contributed by atoms with Crippen LogP contribution in [0.3, 0.4) is 0 Å². The molecule has 0 saturated heterocycles. The molecule has 1 aromatic rings. The van der Waals surface area contributed by atoms with Gasteiger partial charge in [0, 0.05) is 6.54 Å². The summed E-state index contributed by atoms with van der Waals surface area (Å²) in [5, 5.41) is 15.2. The molecule has 1 aromatic carbocycles. The normalized spacial score (nSPS) is 17.5. The lowest BCUT2D eigenvalue weighted by Crippen LogP contribution is -2.50. The van der Waals surface area contributed by atoms with Crippen LogP contribution in [0.2, 0.25) is 0 Å². The topological polar surface area (TPSA) is 70.6 Å². The number of amides is 2. The van der Waals surface area contributed by atoms with Gasteiger partial charge in [-0.15, -0.1) is 0 Å². The maximum atomic E-state index is 12.8. The Morgan fingerprint density at radius 3 is 2.62 bits per heavy atom. The molecule has 5 nitrogen and oxygen atoms in total. The standard InChI is InChI=1S/C15H21FN2O3/c1-11(21-13-5-3-12(16)4-6-13)9-17-14(19)18-10-15(20)7-2-8-15/h3-6,11,20H,2,7-10H2,1H3,(H2,17,18,19). The van der Waals surface area contributed by atoms with Crippen molar-refractivity contribution in [1.29, 1.82) is 0 Å². The average molecular weight is 296 g/mol. The third-order valence-electron chi connectivity index (χ3n) is 3.56. The molecule has 0 bridgehead atoms. The van der Waals surface area contributed by atoms with Gasteiger partial charge < -0.3 is 20.5 Å². The number of aliphatic hydroxyl groups is 1. The molecule has 1 aliphatic rings. The second-order valence-electron chi connectivity index (χ2n) is 5.52. The van der Waals surface area contributed by atoms with Crippen LogP contribution in [-0.2, 0) is 0 Å². The van der Waals surface area contributed by atoms with Crippen LogP contribution in [0.4, 0.5) is 9.18 Å². The number of halogens is 1. The van der Waals surface area contributed by atoms with Gasteiger partial charge in [-0.3, -0.25) is 0 Å². The number of rotatable bonds is 6. The molecule has 0 aliphatic heterocycles. The number of carbonyl (C=O) groups is 1. The summed E-state index contributed by atoms with van der Waals surface area (Å²) in [6.07, 6.45) is 2.23. The van der Waals surface area contributed by atoms with Crippen molar-refractivity contribution in [2.75, 3.05) is 13.1 Å². The highest BCUT2D eigenvalue weighted by molar-refractivity contribution is 5.73. The van der Waals surface area contributed by atoms with Crippen LogP contribution in [0.15, 0.2) is 24.3 Å². The van der Waals surface area contributed by atoms with E-state index in [9.17, 15) is 14.3 Å². The van der Waals surface area contributed by atoms with E-state index in [0.29, 0.717) is 12.3 Å². The van der Waals surface area contributed by atoms with Gasteiger partial charge in [0.2, 0.25) is 0 Å². The molecule has 0 radical (unpaired) electrons. The largest absolute Gasteiger partial charge is 0.489 e. The molecular weight excluding hydrogens is 275 g/mol. The maximum absolute atomic E-state index is 12.8. The molecule has 6 heteroatoms. The van der Waals surface area contributed by atoms with Gasteiger partial charge in [0.1, 0.15) is 17.7 Å². The van der Waals surface area contributed by atoms with Crippen molar-refractivity contribution in [3.05, 3.63) is 30.1 Å². The van der Waals surface area contributed by atoms with Gasteiger partial charge in [0.05, 0.1) is 12.1 Å². The smallest absolute Gasteiger partial charge is 0.315 e. The first kappa shape index (κ1) is 15.6. The monoisotopic (exact) mass is 296 g/mol. The van der Waals surface area contributed by atoms with Crippen LogP contribution < -0.4 is 15.4 Å². The van der Waals surface area contributed by atoms with Crippen LogP contribution in [-0.4, -0.2) is 35.9 Å². The van der Waals surface area contributed by atoms with E-state index in [2.05, 4.69) is 10.6 Å². The fourth-order valence-electron chi connectivity index (χ4n) is 2.09. The molecular formula is C15H21FN2O3. The lowest BCUT2D eigenvalue weighted by molar-refractivity contribution is -0.0290. The Kier molecular flexibility index (Phi) is 5.01. The molecule has 21 heavy (non-hydrogen) atoms. The fraction of sp³-hybridized carbons (Fsp3) is 0.533. The van der Waals surface area contributed by atoms with Gasteiger partial charge in [-0.2, -0.15) is 0 Å². The zero-order valence-corrected chi connectivity index (χ0v) is 12.1. The van der Waals surface area contributed by atoms with E-state index in [4.69, 9.17) is 4.74 Å². The first-order valence-corrected chi connectivity index (χ1v) is 7.13. The summed E-state index contributed by atoms with van der Waals surface area (Å²) in [4.78, 5) is 11.6. The Morgan fingerprint density at radius 2 is 2.05 bits per heavy atom. The number of carbonyl (C=O) groups excluding carboxylic acids is 1. The van der Waals surface area contributed by atoms with E-state index in [1.807, 2.05) is 6.92 Å². The maximum Gasteiger partial charge on any atom is 0.315 e. The van der Waals surface area contributed by atoms with Crippen LogP contribution in [0, 0.1) is 5.82 Å². The van der Waals surface area contributed by atoms with Crippen LogP contribution in [0.5, 0.6) is 5.75 Å². The van der Waals surface area contributed by atoms with Crippen molar-refractivity contribution in [2.24, 2.45) is 0 Å². The molecule has 0 aromatic heterocycles. The minimum absolute atomic E-state index is 0.243. The summed E-state index contributed by atoms with van der Waals surface area (Å²) >= 11 is 0. The molecule has 1 aliphatic carbocycles. The highest BCUT2D eigenvalue weighted by Gasteiger charge is 2.34. The minimum Gasteiger partial charge on any atom is -0.489 e. The molecule has 0 spiro atoms. The Hall–Kier alpha value is -1.82. The molecule has 116 valence electrons. The van der Waals surface area contributed by atoms with Gasteiger partial charge >= 0.3 is 6.03 Å². The van der Waals surface area contributed by atoms with Gasteiger partial charge in [-0.05, 0) is 50.5 Å². The third kappa shape index (κ3) is 4.90. The Balaban J connectivity index is 1.64. The van der Waals surface area contributed by atoms with Crippen molar-refractivity contribution in [1.82, 2.24) is 10.6 Å². The van der Waals surface area contributed by atoms with Crippen molar-refractivity contribution in [2.45, 2.75) is 37.9 Å². The summed E-state index contributed by atoms with van der Waals surface area (Å²) in [7, 11) is 0. The predicted octanol–water partition coefficient (Wildman–Crippen LogP) is 1.81. The lowest BCUT2D eigenvalue weighted by Gasteiger charge is -2.36. The molecule has 1 unspecified atom stereocenters. The SMILES string of the molecule is CC(CNC(=O)NCC1(O)CCC1)Oc1ccc(F)cc1. The molecule has 2 rings (SSSR count). The highest BCUT2D eigenvalue weighted by Crippen LogP contribution is 2.30. The molecule has 2 amide bonds. The van der Waals surface area contributed by atoms with Crippen LogP contribution in [0.25, 0.3) is 0 Å². The second-order valence-corrected chi connectivity index (χ2v) is 5.52. The van der Waals surface area contributed by atoms with Crippen molar-refractivity contribution < 1.29 is 19.0 Å². The third-order valence-corrected chi connectivity index (χ3v) is 3.56. The lowest BCUT2D eigenvalue weighted by atomic mass is 9.80. The molecule has 0 heterocycles. The minimum atomic E-state index is -0.729. The van der Waals surface area contributed by atoms with Gasteiger partial charge in [0.15, 0.2) is 0 Å². The van der Waals surface area contributed by atoms with Crippen LogP contribution >= 0.6 is 0 Å². The number of hydrogen-bond acceptors (Lipinski definition) is 3. The average Bonchev–Trinajstić information content (AvgIpc) is 2.43. The fourth-order valence-corrected chi connectivity index (χ4v) is 2.09. The predicted molar refractivity (Wildman–Crippen MR) is 76.7 cm³/mol. The quantitative estimate of drug-likeness (QED) is 0.750. The molecule has 1 fully saturated rings. The first-order valence-electron chi connectivity index (χ1n) is 7.13. The molecule has 3 N–H and O–H groups in total. The second kappa shape index (κ2) is 6.76. The van der Waals surface area contributed by atoms with Gasteiger partial charge in [-0.1, -0.05) is 0 Å². The summed E-state index contributed by atoms with van der Waals surface area (Å²) in [6, 6.07) is 5.39. The number of ether oxygens (including phenoxy) is 1. The summed E-state index contributed by atoms with van der Waals surface area (Å²) in [6.45, 7) is 2.40. The first-order chi connectivity index (χ1) is 9.97. The Morgan fingerprint density at radius 1 is 1.38 bits per heavy atom. The Labute approximate surface area is 123 Å². The van der Waals surface area contributed by atoms with Crippen molar-refractivity contribution in [3.8, 4) is 5.75 Å². The van der Waals surface area contributed by atoms with Crippen LogP contribution in [0.1, 0.15) is 26.2 Å². The van der Waals surface area contributed by atoms with Gasteiger partial charge in [-0.25, -0.2) is 9.18 Å². The molecule has 1 atom stereocenters. The van der Waals surface area contributed by atoms with Crippen molar-refractivity contribution in [3.63, 3.8) is 0 Å². The van der Waals surface area contributed by atoms with E-state index in [1.54, 1.807) is 0 Å².